The Bertz CT molecular complexity index is 248. The van der Waals surface area contributed by atoms with Crippen LogP contribution in [0.2, 0.25) is 0 Å². The van der Waals surface area contributed by atoms with Crippen LogP contribution in [-0.4, -0.2) is 32.3 Å². The molecule has 0 aromatic carbocycles. The fourth-order valence-electron chi connectivity index (χ4n) is 1.12. The number of nitrogens with zero attached hydrogens (tertiary/aromatic N) is 1. The van der Waals surface area contributed by atoms with Gasteiger partial charge in [-0.2, -0.15) is 0 Å². The van der Waals surface area contributed by atoms with Crippen molar-refractivity contribution < 1.29 is 4.74 Å². The van der Waals surface area contributed by atoms with Crippen LogP contribution in [-0.2, 0) is 11.3 Å². The van der Waals surface area contributed by atoms with Gasteiger partial charge in [0.15, 0.2) is 0 Å². The normalized spacial score (nSPS) is 10.1. The molecule has 0 amide bonds. The lowest BCUT2D eigenvalue weighted by Gasteiger charge is -2.05. The highest BCUT2D eigenvalue weighted by Crippen LogP contribution is 2.03. The zero-order valence-corrected chi connectivity index (χ0v) is 8.71. The minimum Gasteiger partial charge on any atom is -0.383 e. The highest BCUT2D eigenvalue weighted by atomic mass is 16.5. The molecule has 0 aliphatic carbocycles. The van der Waals surface area contributed by atoms with E-state index in [4.69, 9.17) is 4.74 Å². The topological polar surface area (TPSA) is 46.2 Å². The van der Waals surface area contributed by atoms with E-state index >= 15 is 0 Å². The quantitative estimate of drug-likeness (QED) is 0.661. The Labute approximate surface area is 84.7 Å². The SMILES string of the molecule is CNCc1ccc(NCCOC)nc1. The van der Waals surface area contributed by atoms with Crippen LogP contribution in [0.1, 0.15) is 5.56 Å². The van der Waals surface area contributed by atoms with E-state index in [0.29, 0.717) is 6.61 Å². The third kappa shape index (κ3) is 3.72. The molecule has 14 heavy (non-hydrogen) atoms. The molecule has 0 radical (unpaired) electrons. The molecule has 0 unspecified atom stereocenters. The molecule has 1 aromatic heterocycles. The Kier molecular flexibility index (Phi) is 4.96. The zero-order valence-electron chi connectivity index (χ0n) is 8.71. The first kappa shape index (κ1) is 10.9. The van der Waals surface area contributed by atoms with Gasteiger partial charge in [0.1, 0.15) is 5.82 Å². The van der Waals surface area contributed by atoms with Gasteiger partial charge in [-0.3, -0.25) is 0 Å². The maximum atomic E-state index is 4.93. The highest BCUT2D eigenvalue weighted by molar-refractivity contribution is 5.35. The molecule has 2 N–H and O–H groups in total. The van der Waals surface area contributed by atoms with E-state index in [9.17, 15) is 0 Å². The number of anilines is 1. The summed E-state index contributed by atoms with van der Waals surface area (Å²) in [5.41, 5.74) is 1.18. The van der Waals surface area contributed by atoms with Crippen LogP contribution in [0, 0.1) is 0 Å². The molecule has 1 rings (SSSR count). The lowest BCUT2D eigenvalue weighted by Crippen LogP contribution is -2.09. The molecule has 0 spiro atoms. The molecule has 4 nitrogen and oxygen atoms in total. The minimum absolute atomic E-state index is 0.694. The summed E-state index contributed by atoms with van der Waals surface area (Å²) in [7, 11) is 3.61. The second kappa shape index (κ2) is 6.34. The maximum absolute atomic E-state index is 4.93. The van der Waals surface area contributed by atoms with Crippen molar-refractivity contribution in [3.63, 3.8) is 0 Å². The minimum atomic E-state index is 0.694. The van der Waals surface area contributed by atoms with E-state index < -0.39 is 0 Å². The molecule has 4 heteroatoms. The van der Waals surface area contributed by atoms with Crippen molar-refractivity contribution in [2.75, 3.05) is 32.6 Å². The number of hydrogen-bond acceptors (Lipinski definition) is 4. The number of hydrogen-bond donors (Lipinski definition) is 2. The number of aromatic nitrogens is 1. The molecule has 0 saturated heterocycles. The average Bonchev–Trinajstić information content (AvgIpc) is 2.21. The van der Waals surface area contributed by atoms with Gasteiger partial charge in [0, 0.05) is 26.4 Å². The number of nitrogens with one attached hydrogen (secondary N) is 2. The van der Waals surface area contributed by atoms with Crippen LogP contribution in [0.4, 0.5) is 5.82 Å². The predicted molar refractivity (Wildman–Crippen MR) is 57.4 cm³/mol. The third-order valence-corrected chi connectivity index (χ3v) is 1.82. The summed E-state index contributed by atoms with van der Waals surface area (Å²) in [6, 6.07) is 4.03. The summed E-state index contributed by atoms with van der Waals surface area (Å²) in [5.74, 6) is 0.891. The number of pyridine rings is 1. The Morgan fingerprint density at radius 3 is 2.86 bits per heavy atom. The van der Waals surface area contributed by atoms with E-state index in [1.54, 1.807) is 7.11 Å². The molecular weight excluding hydrogens is 178 g/mol. The van der Waals surface area contributed by atoms with Gasteiger partial charge in [-0.05, 0) is 18.7 Å². The summed E-state index contributed by atoms with van der Waals surface area (Å²) in [4.78, 5) is 4.26. The van der Waals surface area contributed by atoms with Crippen LogP contribution in [0.25, 0.3) is 0 Å². The predicted octanol–water partition coefficient (Wildman–Crippen LogP) is 0.859. The van der Waals surface area contributed by atoms with Crippen molar-refractivity contribution in [2.45, 2.75) is 6.54 Å². The van der Waals surface area contributed by atoms with Crippen LogP contribution >= 0.6 is 0 Å². The zero-order chi connectivity index (χ0) is 10.2. The molecule has 0 fully saturated rings. The van der Waals surface area contributed by atoms with Gasteiger partial charge in [-0.1, -0.05) is 6.07 Å². The summed E-state index contributed by atoms with van der Waals surface area (Å²) < 4.78 is 4.93. The molecule has 0 aliphatic heterocycles. The lowest BCUT2D eigenvalue weighted by atomic mass is 10.3. The second-order valence-electron chi connectivity index (χ2n) is 3.00. The van der Waals surface area contributed by atoms with Crippen molar-refractivity contribution in [1.29, 1.82) is 0 Å². The second-order valence-corrected chi connectivity index (χ2v) is 3.00. The third-order valence-electron chi connectivity index (χ3n) is 1.82. The fourth-order valence-corrected chi connectivity index (χ4v) is 1.12. The van der Waals surface area contributed by atoms with Gasteiger partial charge in [-0.15, -0.1) is 0 Å². The molecule has 1 heterocycles. The summed E-state index contributed by atoms with van der Waals surface area (Å²) in [6.45, 7) is 2.33. The van der Waals surface area contributed by atoms with Crippen LogP contribution in [0.5, 0.6) is 0 Å². The Morgan fingerprint density at radius 2 is 2.29 bits per heavy atom. The van der Waals surface area contributed by atoms with Gasteiger partial charge in [0.2, 0.25) is 0 Å². The first-order valence-corrected chi connectivity index (χ1v) is 4.69. The number of methoxy groups -OCH3 is 1. The highest BCUT2D eigenvalue weighted by Gasteiger charge is 1.93. The number of rotatable bonds is 6. The van der Waals surface area contributed by atoms with Crippen LogP contribution < -0.4 is 10.6 Å². The molecule has 0 saturated carbocycles. The van der Waals surface area contributed by atoms with Gasteiger partial charge in [0.25, 0.3) is 0 Å². The molecule has 0 bridgehead atoms. The van der Waals surface area contributed by atoms with Gasteiger partial charge in [0.05, 0.1) is 6.61 Å². The fraction of sp³-hybridized carbons (Fsp3) is 0.500. The molecule has 0 aliphatic rings. The van der Waals surface area contributed by atoms with Gasteiger partial charge in [-0.25, -0.2) is 4.98 Å². The Morgan fingerprint density at radius 1 is 1.43 bits per heavy atom. The van der Waals surface area contributed by atoms with E-state index in [1.807, 2.05) is 19.3 Å². The van der Waals surface area contributed by atoms with Gasteiger partial charge >= 0.3 is 0 Å². The van der Waals surface area contributed by atoms with Crippen molar-refractivity contribution in [3.8, 4) is 0 Å². The number of ether oxygens (including phenoxy) is 1. The van der Waals surface area contributed by atoms with Crippen LogP contribution in [0.3, 0.4) is 0 Å². The standard InChI is InChI=1S/C10H17N3O/c1-11-7-9-3-4-10(13-8-9)12-5-6-14-2/h3-4,8,11H,5-7H2,1-2H3,(H,12,13). The average molecular weight is 195 g/mol. The molecule has 78 valence electrons. The lowest BCUT2D eigenvalue weighted by molar-refractivity contribution is 0.210. The first-order valence-electron chi connectivity index (χ1n) is 4.69. The van der Waals surface area contributed by atoms with E-state index in [2.05, 4.69) is 21.7 Å². The van der Waals surface area contributed by atoms with E-state index in [-0.39, 0.29) is 0 Å². The molecular formula is C10H17N3O. The molecule has 0 atom stereocenters. The van der Waals surface area contributed by atoms with Crippen molar-refractivity contribution in [3.05, 3.63) is 23.9 Å². The summed E-state index contributed by atoms with van der Waals surface area (Å²) in [6.07, 6.45) is 1.87. The molecule has 1 aromatic rings. The largest absolute Gasteiger partial charge is 0.383 e. The van der Waals surface area contributed by atoms with Crippen molar-refractivity contribution in [2.24, 2.45) is 0 Å². The Balaban J connectivity index is 2.38. The van der Waals surface area contributed by atoms with Crippen LogP contribution in [0.15, 0.2) is 18.3 Å². The Hall–Kier alpha value is -1.13. The smallest absolute Gasteiger partial charge is 0.125 e. The van der Waals surface area contributed by atoms with E-state index in [1.165, 1.54) is 5.56 Å². The maximum Gasteiger partial charge on any atom is 0.125 e. The summed E-state index contributed by atoms with van der Waals surface area (Å²) in [5, 5.41) is 6.23. The van der Waals surface area contributed by atoms with Crippen molar-refractivity contribution >= 4 is 5.82 Å². The van der Waals surface area contributed by atoms with Gasteiger partial charge < -0.3 is 15.4 Å². The monoisotopic (exact) mass is 195 g/mol. The summed E-state index contributed by atoms with van der Waals surface area (Å²) >= 11 is 0. The van der Waals surface area contributed by atoms with Crippen molar-refractivity contribution in [1.82, 2.24) is 10.3 Å². The first-order chi connectivity index (χ1) is 6.86. The van der Waals surface area contributed by atoms with E-state index in [0.717, 1.165) is 18.9 Å².